The van der Waals surface area contributed by atoms with Gasteiger partial charge in [0.2, 0.25) is 5.82 Å². The summed E-state index contributed by atoms with van der Waals surface area (Å²) in [7, 11) is 0. The maximum absolute atomic E-state index is 13.6. The molecule has 0 unspecified atom stereocenters. The number of rotatable bonds is 6. The Labute approximate surface area is 163 Å². The van der Waals surface area contributed by atoms with Crippen molar-refractivity contribution in [3.05, 3.63) is 46.3 Å². The van der Waals surface area contributed by atoms with E-state index in [1.54, 1.807) is 0 Å². The summed E-state index contributed by atoms with van der Waals surface area (Å²) in [5, 5.41) is 0. The third-order valence-electron chi connectivity index (χ3n) is 4.45. The van der Waals surface area contributed by atoms with E-state index >= 15 is 0 Å². The van der Waals surface area contributed by atoms with Gasteiger partial charge in [-0.3, -0.25) is 0 Å². The van der Waals surface area contributed by atoms with E-state index in [9.17, 15) is 31.5 Å². The lowest BCUT2D eigenvalue weighted by Crippen LogP contribution is -2.33. The van der Waals surface area contributed by atoms with Gasteiger partial charge in [-0.05, 0) is 44.1 Å². The van der Waals surface area contributed by atoms with Gasteiger partial charge in [0.25, 0.3) is 0 Å². The van der Waals surface area contributed by atoms with Crippen molar-refractivity contribution in [1.82, 2.24) is 5.48 Å². The highest BCUT2D eigenvalue weighted by Gasteiger charge is 2.31. The average Bonchev–Trinajstić information content (AvgIpc) is 2.73. The molecule has 0 spiro atoms. The SMILES string of the molecule is CCCC[C@@H](OC(=O)NOC(=O)c1c(F)c(F)c(F)c(F)c1F)C1=CCCCC1. The summed E-state index contributed by atoms with van der Waals surface area (Å²) in [6.45, 7) is 1.96. The highest BCUT2D eigenvalue weighted by atomic mass is 19.2. The Morgan fingerprint density at radius 2 is 1.66 bits per heavy atom. The van der Waals surface area contributed by atoms with Crippen LogP contribution in [0.25, 0.3) is 0 Å². The molecule has 1 aliphatic rings. The van der Waals surface area contributed by atoms with Crippen molar-refractivity contribution in [2.45, 2.75) is 58.0 Å². The number of ether oxygens (including phenoxy) is 1. The van der Waals surface area contributed by atoms with Crippen molar-refractivity contribution in [3.63, 3.8) is 0 Å². The third kappa shape index (κ3) is 5.45. The molecule has 5 nitrogen and oxygen atoms in total. The first-order chi connectivity index (χ1) is 13.8. The van der Waals surface area contributed by atoms with E-state index in [4.69, 9.17) is 4.74 Å². The van der Waals surface area contributed by atoms with Crippen molar-refractivity contribution >= 4 is 12.1 Å². The van der Waals surface area contributed by atoms with E-state index in [-0.39, 0.29) is 0 Å². The van der Waals surface area contributed by atoms with Gasteiger partial charge in [0.1, 0.15) is 11.7 Å². The number of hydrogen-bond donors (Lipinski definition) is 1. The van der Waals surface area contributed by atoms with E-state index in [0.29, 0.717) is 6.42 Å². The molecular weight excluding hydrogens is 401 g/mol. The zero-order chi connectivity index (χ0) is 21.6. The van der Waals surface area contributed by atoms with Crippen LogP contribution in [-0.2, 0) is 9.57 Å². The summed E-state index contributed by atoms with van der Waals surface area (Å²) in [6.07, 6.45) is 5.87. The van der Waals surface area contributed by atoms with Gasteiger partial charge in [-0.15, -0.1) is 5.48 Å². The van der Waals surface area contributed by atoms with E-state index < -0.39 is 52.8 Å². The number of unbranched alkanes of at least 4 members (excludes halogenated alkanes) is 1. The Kier molecular flexibility index (Phi) is 7.98. The molecule has 1 aromatic carbocycles. The molecule has 1 aliphatic carbocycles. The van der Waals surface area contributed by atoms with Gasteiger partial charge in [-0.25, -0.2) is 31.5 Å². The number of nitrogens with one attached hydrogen (secondary N) is 1. The van der Waals surface area contributed by atoms with Crippen molar-refractivity contribution in [1.29, 1.82) is 0 Å². The predicted octanol–water partition coefficient (Wildman–Crippen LogP) is 5.24. The van der Waals surface area contributed by atoms with E-state index in [1.165, 1.54) is 5.48 Å². The largest absolute Gasteiger partial charge is 0.441 e. The summed E-state index contributed by atoms with van der Waals surface area (Å²) < 4.78 is 71.8. The first-order valence-corrected chi connectivity index (χ1v) is 9.16. The second-order valence-corrected chi connectivity index (χ2v) is 6.50. The Balaban J connectivity index is 2.04. The van der Waals surface area contributed by atoms with Crippen LogP contribution >= 0.6 is 0 Å². The molecule has 2 rings (SSSR count). The number of allylic oxidation sites excluding steroid dienone is 1. The van der Waals surface area contributed by atoms with Crippen LogP contribution in [0.2, 0.25) is 0 Å². The number of carbonyl (C=O) groups excluding carboxylic acids is 2. The molecule has 0 radical (unpaired) electrons. The zero-order valence-corrected chi connectivity index (χ0v) is 15.6. The number of benzene rings is 1. The van der Waals surface area contributed by atoms with Crippen LogP contribution in [0.4, 0.5) is 26.7 Å². The van der Waals surface area contributed by atoms with E-state index in [2.05, 4.69) is 4.84 Å². The first kappa shape index (κ1) is 22.6. The maximum Gasteiger partial charge on any atom is 0.441 e. The molecule has 0 heterocycles. The summed E-state index contributed by atoms with van der Waals surface area (Å²) in [5.41, 5.74) is 0.627. The van der Waals surface area contributed by atoms with Crippen molar-refractivity contribution < 1.29 is 41.1 Å². The molecule has 0 bridgehead atoms. The van der Waals surface area contributed by atoms with Gasteiger partial charge in [0.05, 0.1) is 0 Å². The number of hydrogen-bond acceptors (Lipinski definition) is 4. The van der Waals surface area contributed by atoms with Gasteiger partial charge in [-0.1, -0.05) is 19.4 Å². The summed E-state index contributed by atoms with van der Waals surface area (Å²) >= 11 is 0. The van der Waals surface area contributed by atoms with Crippen molar-refractivity contribution in [2.75, 3.05) is 0 Å². The molecular formula is C19H20F5NO4. The monoisotopic (exact) mass is 421 g/mol. The normalized spacial score (nSPS) is 14.8. The topological polar surface area (TPSA) is 64.6 Å². The van der Waals surface area contributed by atoms with Gasteiger partial charge in [0, 0.05) is 0 Å². The minimum absolute atomic E-state index is 0.529. The van der Waals surface area contributed by atoms with Crippen LogP contribution in [0.1, 0.15) is 62.2 Å². The fourth-order valence-electron chi connectivity index (χ4n) is 2.94. The lowest BCUT2D eigenvalue weighted by molar-refractivity contribution is 0.0136. The first-order valence-electron chi connectivity index (χ1n) is 9.16. The summed E-state index contributed by atoms with van der Waals surface area (Å²) in [5.74, 6) is -13.7. The summed E-state index contributed by atoms with van der Waals surface area (Å²) in [6, 6.07) is 0. The molecule has 0 aromatic heterocycles. The molecule has 10 heteroatoms. The van der Waals surface area contributed by atoms with Gasteiger partial charge in [0.15, 0.2) is 23.3 Å². The molecule has 160 valence electrons. The van der Waals surface area contributed by atoms with Crippen LogP contribution in [0.15, 0.2) is 11.6 Å². The Hall–Kier alpha value is -2.65. The molecule has 1 N–H and O–H groups in total. The molecule has 1 amide bonds. The van der Waals surface area contributed by atoms with Crippen LogP contribution in [0.5, 0.6) is 0 Å². The molecule has 0 fully saturated rings. The molecule has 0 saturated carbocycles. The van der Waals surface area contributed by atoms with Gasteiger partial charge < -0.3 is 9.57 Å². The molecule has 0 saturated heterocycles. The van der Waals surface area contributed by atoms with Crippen LogP contribution in [-0.4, -0.2) is 18.2 Å². The molecule has 0 aliphatic heterocycles. The van der Waals surface area contributed by atoms with Crippen molar-refractivity contribution in [2.24, 2.45) is 0 Å². The molecule has 1 atom stereocenters. The highest BCUT2D eigenvalue weighted by Crippen LogP contribution is 2.26. The molecule has 29 heavy (non-hydrogen) atoms. The third-order valence-corrected chi connectivity index (χ3v) is 4.45. The minimum atomic E-state index is -2.41. The standard InChI is InChI=1S/C19H20F5NO4/c1-2-3-9-11(10-7-5-4-6-8-10)28-19(27)25-29-18(26)12-13(20)15(22)17(24)16(23)14(12)21/h7,11H,2-6,8-9H2,1H3,(H,25,27)/t11-/m1/s1. The Morgan fingerprint density at radius 1 is 1.03 bits per heavy atom. The second-order valence-electron chi connectivity index (χ2n) is 6.50. The number of halogens is 5. The minimum Gasteiger partial charge on any atom is -0.440 e. The highest BCUT2D eigenvalue weighted by molar-refractivity contribution is 5.90. The fourth-order valence-corrected chi connectivity index (χ4v) is 2.94. The average molecular weight is 421 g/mol. The van der Waals surface area contributed by atoms with Crippen LogP contribution in [0.3, 0.4) is 0 Å². The predicted molar refractivity (Wildman–Crippen MR) is 91.1 cm³/mol. The second kappa shape index (κ2) is 10.2. The maximum atomic E-state index is 13.6. The van der Waals surface area contributed by atoms with Crippen LogP contribution < -0.4 is 5.48 Å². The van der Waals surface area contributed by atoms with Gasteiger partial charge in [-0.2, -0.15) is 0 Å². The number of amides is 1. The Morgan fingerprint density at radius 3 is 2.21 bits per heavy atom. The lowest BCUT2D eigenvalue weighted by Gasteiger charge is -2.23. The number of carbonyl (C=O) groups is 2. The fraction of sp³-hybridized carbons (Fsp3) is 0.474. The van der Waals surface area contributed by atoms with E-state index in [0.717, 1.165) is 44.1 Å². The van der Waals surface area contributed by atoms with Gasteiger partial charge >= 0.3 is 12.1 Å². The number of hydroxylamine groups is 1. The quantitative estimate of drug-likeness (QED) is 0.224. The lowest BCUT2D eigenvalue weighted by atomic mass is 9.93. The summed E-state index contributed by atoms with van der Waals surface area (Å²) in [4.78, 5) is 27.8. The Bertz CT molecular complexity index is 783. The van der Waals surface area contributed by atoms with Crippen LogP contribution in [0, 0.1) is 29.1 Å². The molecule has 1 aromatic rings. The van der Waals surface area contributed by atoms with E-state index in [1.807, 2.05) is 13.0 Å². The smallest absolute Gasteiger partial charge is 0.440 e. The zero-order valence-electron chi connectivity index (χ0n) is 15.6. The van der Waals surface area contributed by atoms with Crippen molar-refractivity contribution in [3.8, 4) is 0 Å².